The minimum Gasteiger partial charge on any atom is -0.485 e. The van der Waals surface area contributed by atoms with Crippen LogP contribution in [0.1, 0.15) is 10.6 Å². The topological polar surface area (TPSA) is 72.2 Å². The molecule has 0 spiro atoms. The summed E-state index contributed by atoms with van der Waals surface area (Å²) in [4.78, 5) is 28.3. The van der Waals surface area contributed by atoms with Gasteiger partial charge in [-0.15, -0.1) is 0 Å². The molecule has 1 atom stereocenters. The van der Waals surface area contributed by atoms with Gasteiger partial charge in [-0.3, -0.25) is 9.59 Å². The van der Waals surface area contributed by atoms with Gasteiger partial charge in [0, 0.05) is 26.2 Å². The molecular weight excluding hydrogens is 324 g/mol. The number of rotatable bonds is 2. The van der Waals surface area contributed by atoms with Crippen molar-refractivity contribution in [1.82, 2.24) is 9.80 Å². The molecular formula is C18H18N2O5. The van der Waals surface area contributed by atoms with Crippen molar-refractivity contribution in [2.24, 2.45) is 0 Å². The van der Waals surface area contributed by atoms with E-state index in [-0.39, 0.29) is 18.4 Å². The molecule has 1 aromatic carbocycles. The van der Waals surface area contributed by atoms with E-state index in [1.807, 2.05) is 18.2 Å². The Morgan fingerprint density at radius 3 is 2.36 bits per heavy atom. The molecule has 0 radical (unpaired) electrons. The summed E-state index contributed by atoms with van der Waals surface area (Å²) >= 11 is 0. The molecule has 0 N–H and O–H groups in total. The number of piperazine rings is 1. The standard InChI is InChI=1S/C18H18N2O5/c21-17(15-6-3-11-23-15)19-7-9-20(10-8-19)18(22)16-12-24-13-4-1-2-5-14(13)25-16/h1-6,11,16H,7-10,12H2. The molecule has 25 heavy (non-hydrogen) atoms. The number of para-hydroxylation sites is 2. The van der Waals surface area contributed by atoms with Gasteiger partial charge in [0.1, 0.15) is 6.61 Å². The van der Waals surface area contributed by atoms with Gasteiger partial charge in [-0.2, -0.15) is 0 Å². The van der Waals surface area contributed by atoms with Crippen molar-refractivity contribution in [2.75, 3.05) is 32.8 Å². The molecule has 3 heterocycles. The fourth-order valence-corrected chi connectivity index (χ4v) is 3.03. The number of ether oxygens (including phenoxy) is 2. The number of fused-ring (bicyclic) bond motifs is 1. The molecule has 1 unspecified atom stereocenters. The van der Waals surface area contributed by atoms with Crippen LogP contribution in [0.4, 0.5) is 0 Å². The van der Waals surface area contributed by atoms with Gasteiger partial charge in [0.15, 0.2) is 17.3 Å². The van der Waals surface area contributed by atoms with Crippen molar-refractivity contribution in [1.29, 1.82) is 0 Å². The maximum absolute atomic E-state index is 12.7. The van der Waals surface area contributed by atoms with Crippen molar-refractivity contribution in [3.63, 3.8) is 0 Å². The van der Waals surface area contributed by atoms with E-state index in [0.717, 1.165) is 0 Å². The van der Waals surface area contributed by atoms with Crippen molar-refractivity contribution in [2.45, 2.75) is 6.10 Å². The Hall–Kier alpha value is -2.96. The van der Waals surface area contributed by atoms with E-state index >= 15 is 0 Å². The Balaban J connectivity index is 1.35. The molecule has 1 saturated heterocycles. The lowest BCUT2D eigenvalue weighted by atomic mass is 10.2. The predicted molar refractivity (Wildman–Crippen MR) is 87.5 cm³/mol. The van der Waals surface area contributed by atoms with E-state index < -0.39 is 6.10 Å². The average molecular weight is 342 g/mol. The van der Waals surface area contributed by atoms with Crippen LogP contribution in [0.25, 0.3) is 0 Å². The van der Waals surface area contributed by atoms with Crippen LogP contribution in [0, 0.1) is 0 Å². The number of hydrogen-bond donors (Lipinski definition) is 0. The van der Waals surface area contributed by atoms with Crippen LogP contribution in [0.5, 0.6) is 11.5 Å². The fourth-order valence-electron chi connectivity index (χ4n) is 3.03. The molecule has 0 aliphatic carbocycles. The van der Waals surface area contributed by atoms with Gasteiger partial charge < -0.3 is 23.7 Å². The van der Waals surface area contributed by atoms with Gasteiger partial charge in [0.05, 0.1) is 6.26 Å². The Morgan fingerprint density at radius 2 is 1.64 bits per heavy atom. The molecule has 2 aliphatic heterocycles. The van der Waals surface area contributed by atoms with Gasteiger partial charge in [-0.05, 0) is 24.3 Å². The Kier molecular flexibility index (Phi) is 4.05. The van der Waals surface area contributed by atoms with Gasteiger partial charge in [0.25, 0.3) is 11.8 Å². The Bertz CT molecular complexity index is 766. The first-order chi connectivity index (χ1) is 12.2. The molecule has 0 bridgehead atoms. The number of furan rings is 1. The van der Waals surface area contributed by atoms with Crippen LogP contribution in [0.3, 0.4) is 0 Å². The third-order valence-electron chi connectivity index (χ3n) is 4.39. The second kappa shape index (κ2) is 6.51. The van der Waals surface area contributed by atoms with Crippen LogP contribution < -0.4 is 9.47 Å². The zero-order valence-electron chi connectivity index (χ0n) is 13.6. The number of benzene rings is 1. The minimum atomic E-state index is -0.651. The number of carbonyl (C=O) groups excluding carboxylic acids is 2. The molecule has 1 aromatic heterocycles. The van der Waals surface area contributed by atoms with Crippen LogP contribution in [0.15, 0.2) is 47.1 Å². The van der Waals surface area contributed by atoms with Gasteiger partial charge >= 0.3 is 0 Å². The summed E-state index contributed by atoms with van der Waals surface area (Å²) in [5, 5.41) is 0. The average Bonchev–Trinajstić information content (AvgIpc) is 3.21. The first-order valence-corrected chi connectivity index (χ1v) is 8.22. The third-order valence-corrected chi connectivity index (χ3v) is 4.39. The molecule has 2 aromatic rings. The predicted octanol–water partition coefficient (Wildman–Crippen LogP) is 1.40. The molecule has 7 nitrogen and oxygen atoms in total. The van der Waals surface area contributed by atoms with E-state index in [0.29, 0.717) is 43.4 Å². The van der Waals surface area contributed by atoms with Gasteiger partial charge in [-0.1, -0.05) is 12.1 Å². The first kappa shape index (κ1) is 15.6. The zero-order valence-corrected chi connectivity index (χ0v) is 13.6. The van der Waals surface area contributed by atoms with Crippen molar-refractivity contribution in [3.05, 3.63) is 48.4 Å². The molecule has 1 fully saturated rings. The molecule has 2 aliphatic rings. The van der Waals surface area contributed by atoms with Gasteiger partial charge in [0.2, 0.25) is 6.10 Å². The van der Waals surface area contributed by atoms with Crippen LogP contribution in [-0.2, 0) is 4.79 Å². The molecule has 2 amide bonds. The Morgan fingerprint density at radius 1 is 0.920 bits per heavy atom. The van der Waals surface area contributed by atoms with E-state index in [1.54, 1.807) is 28.0 Å². The smallest absolute Gasteiger partial charge is 0.289 e. The van der Waals surface area contributed by atoms with E-state index in [1.165, 1.54) is 6.26 Å². The number of amides is 2. The van der Waals surface area contributed by atoms with Crippen molar-refractivity contribution in [3.8, 4) is 11.5 Å². The molecule has 130 valence electrons. The van der Waals surface area contributed by atoms with Crippen LogP contribution in [0.2, 0.25) is 0 Å². The monoisotopic (exact) mass is 342 g/mol. The first-order valence-electron chi connectivity index (χ1n) is 8.22. The van der Waals surface area contributed by atoms with Crippen LogP contribution in [-0.4, -0.2) is 60.5 Å². The highest BCUT2D eigenvalue weighted by Gasteiger charge is 2.33. The van der Waals surface area contributed by atoms with Gasteiger partial charge in [-0.25, -0.2) is 0 Å². The third kappa shape index (κ3) is 3.05. The quantitative estimate of drug-likeness (QED) is 0.825. The summed E-state index contributed by atoms with van der Waals surface area (Å²) in [5.41, 5.74) is 0. The van der Waals surface area contributed by atoms with E-state index in [9.17, 15) is 9.59 Å². The van der Waals surface area contributed by atoms with Crippen molar-refractivity contribution < 1.29 is 23.5 Å². The lowest BCUT2D eigenvalue weighted by Crippen LogP contribution is -2.55. The second-order valence-corrected chi connectivity index (χ2v) is 5.96. The Labute approximate surface area is 144 Å². The maximum Gasteiger partial charge on any atom is 0.289 e. The second-order valence-electron chi connectivity index (χ2n) is 5.96. The lowest BCUT2D eigenvalue weighted by molar-refractivity contribution is -0.142. The minimum absolute atomic E-state index is 0.111. The zero-order chi connectivity index (χ0) is 17.2. The summed E-state index contributed by atoms with van der Waals surface area (Å²) in [7, 11) is 0. The summed E-state index contributed by atoms with van der Waals surface area (Å²) in [6, 6.07) is 10.6. The van der Waals surface area contributed by atoms with E-state index in [2.05, 4.69) is 0 Å². The highest BCUT2D eigenvalue weighted by Crippen LogP contribution is 2.31. The lowest BCUT2D eigenvalue weighted by Gasteiger charge is -2.36. The summed E-state index contributed by atoms with van der Waals surface area (Å²) < 4.78 is 16.5. The van der Waals surface area contributed by atoms with Crippen LogP contribution >= 0.6 is 0 Å². The molecule has 0 saturated carbocycles. The number of carbonyl (C=O) groups is 2. The number of nitrogens with zero attached hydrogens (tertiary/aromatic N) is 2. The normalized spacial score (nSPS) is 19.6. The highest BCUT2D eigenvalue weighted by atomic mass is 16.6. The molecule has 4 rings (SSSR count). The van der Waals surface area contributed by atoms with E-state index in [4.69, 9.17) is 13.9 Å². The van der Waals surface area contributed by atoms with Crippen molar-refractivity contribution >= 4 is 11.8 Å². The summed E-state index contributed by atoms with van der Waals surface area (Å²) in [5.74, 6) is 1.29. The summed E-state index contributed by atoms with van der Waals surface area (Å²) in [6.45, 7) is 2.06. The SMILES string of the molecule is O=C(c1ccco1)N1CCN(C(=O)C2COc3ccccc3O2)CC1. The number of hydrogen-bond acceptors (Lipinski definition) is 5. The summed E-state index contributed by atoms with van der Waals surface area (Å²) in [6.07, 6.45) is 0.827. The maximum atomic E-state index is 12.7. The fraction of sp³-hybridized carbons (Fsp3) is 0.333. The largest absolute Gasteiger partial charge is 0.485 e. The highest BCUT2D eigenvalue weighted by molar-refractivity contribution is 5.91. The molecule has 7 heteroatoms.